The Morgan fingerprint density at radius 2 is 2.36 bits per heavy atom. The van der Waals surface area contributed by atoms with Crippen LogP contribution in [0, 0.1) is 5.41 Å². The van der Waals surface area contributed by atoms with Crippen molar-refractivity contribution in [2.24, 2.45) is 5.41 Å². The highest BCUT2D eigenvalue weighted by atomic mass is 79.9. The summed E-state index contributed by atoms with van der Waals surface area (Å²) in [4.78, 5) is 1.42. The lowest BCUT2D eigenvalue weighted by Crippen LogP contribution is -2.22. The second kappa shape index (κ2) is 4.33. The van der Waals surface area contributed by atoms with Crippen molar-refractivity contribution >= 4 is 27.3 Å². The first-order chi connectivity index (χ1) is 6.74. The molecular formula is C11H16BrNS. The lowest BCUT2D eigenvalue weighted by atomic mass is 10.0. The molecule has 0 unspecified atom stereocenters. The maximum Gasteiger partial charge on any atom is 0.0300 e. The van der Waals surface area contributed by atoms with Crippen molar-refractivity contribution in [1.29, 1.82) is 0 Å². The van der Waals surface area contributed by atoms with Crippen molar-refractivity contribution in [3.8, 4) is 0 Å². The van der Waals surface area contributed by atoms with E-state index in [1.165, 1.54) is 35.2 Å². The zero-order valence-electron chi connectivity index (χ0n) is 8.48. The van der Waals surface area contributed by atoms with Crippen LogP contribution >= 0.6 is 27.3 Å². The number of thiophene rings is 1. The summed E-state index contributed by atoms with van der Waals surface area (Å²) in [6.07, 6.45) is 4.17. The third-order valence-electron chi connectivity index (χ3n) is 3.13. The summed E-state index contributed by atoms with van der Waals surface area (Å²) in [6.45, 7) is 4.52. The SMILES string of the molecule is CCC1(CNCc2cc(Br)cs2)CC1. The zero-order chi connectivity index (χ0) is 10.0. The maximum atomic E-state index is 3.56. The number of hydrogen-bond acceptors (Lipinski definition) is 2. The Kier molecular flexibility index (Phi) is 3.30. The Hall–Kier alpha value is 0.140. The van der Waals surface area contributed by atoms with Crippen LogP contribution in [0.25, 0.3) is 0 Å². The summed E-state index contributed by atoms with van der Waals surface area (Å²) >= 11 is 5.29. The number of hydrogen-bond donors (Lipinski definition) is 1. The number of nitrogens with one attached hydrogen (secondary N) is 1. The molecule has 1 heterocycles. The van der Waals surface area contributed by atoms with Gasteiger partial charge in [0.15, 0.2) is 0 Å². The fraction of sp³-hybridized carbons (Fsp3) is 0.636. The molecule has 1 aromatic rings. The molecule has 0 aromatic carbocycles. The number of rotatable bonds is 5. The summed E-state index contributed by atoms with van der Waals surface area (Å²) in [6, 6.07) is 2.20. The van der Waals surface area contributed by atoms with E-state index in [-0.39, 0.29) is 0 Å². The van der Waals surface area contributed by atoms with Crippen molar-refractivity contribution in [3.63, 3.8) is 0 Å². The van der Waals surface area contributed by atoms with E-state index in [0.29, 0.717) is 5.41 Å². The van der Waals surface area contributed by atoms with Gasteiger partial charge in [0.1, 0.15) is 0 Å². The Morgan fingerprint density at radius 3 is 2.86 bits per heavy atom. The van der Waals surface area contributed by atoms with Gasteiger partial charge in [-0.3, -0.25) is 0 Å². The first-order valence-electron chi connectivity index (χ1n) is 5.18. The van der Waals surface area contributed by atoms with Crippen LogP contribution < -0.4 is 5.32 Å². The minimum Gasteiger partial charge on any atom is -0.311 e. The summed E-state index contributed by atoms with van der Waals surface area (Å²) in [5.74, 6) is 0. The van der Waals surface area contributed by atoms with E-state index in [0.717, 1.165) is 6.54 Å². The highest BCUT2D eigenvalue weighted by Gasteiger charge is 2.39. The predicted molar refractivity (Wildman–Crippen MR) is 65.7 cm³/mol. The van der Waals surface area contributed by atoms with Gasteiger partial charge in [0.05, 0.1) is 0 Å². The largest absolute Gasteiger partial charge is 0.311 e. The smallest absolute Gasteiger partial charge is 0.0300 e. The summed E-state index contributed by atoms with van der Waals surface area (Å²) in [5.41, 5.74) is 0.661. The fourth-order valence-electron chi connectivity index (χ4n) is 1.73. The van der Waals surface area contributed by atoms with Crippen molar-refractivity contribution in [1.82, 2.24) is 5.32 Å². The van der Waals surface area contributed by atoms with Gasteiger partial charge in [0.25, 0.3) is 0 Å². The van der Waals surface area contributed by atoms with Gasteiger partial charge < -0.3 is 5.32 Å². The fourth-order valence-corrected chi connectivity index (χ4v) is 3.15. The average molecular weight is 274 g/mol. The van der Waals surface area contributed by atoms with Crippen LogP contribution in [0.1, 0.15) is 31.1 Å². The van der Waals surface area contributed by atoms with Crippen LogP contribution in [0.3, 0.4) is 0 Å². The van der Waals surface area contributed by atoms with Crippen LogP contribution in [0.2, 0.25) is 0 Å². The predicted octanol–water partition coefficient (Wildman–Crippen LogP) is 3.79. The lowest BCUT2D eigenvalue weighted by molar-refractivity contribution is 0.444. The quantitative estimate of drug-likeness (QED) is 0.861. The van der Waals surface area contributed by atoms with E-state index >= 15 is 0 Å². The van der Waals surface area contributed by atoms with Crippen LogP contribution in [-0.4, -0.2) is 6.54 Å². The normalized spacial score (nSPS) is 18.4. The Labute approximate surface area is 98.0 Å². The molecule has 0 bridgehead atoms. The summed E-state index contributed by atoms with van der Waals surface area (Å²) < 4.78 is 1.20. The summed E-state index contributed by atoms with van der Waals surface area (Å²) in [7, 11) is 0. The third kappa shape index (κ3) is 2.59. The van der Waals surface area contributed by atoms with Crippen LogP contribution in [-0.2, 0) is 6.54 Å². The molecule has 0 aliphatic heterocycles. The Balaban J connectivity index is 1.73. The van der Waals surface area contributed by atoms with E-state index in [1.807, 2.05) is 11.3 Å². The van der Waals surface area contributed by atoms with Crippen molar-refractivity contribution < 1.29 is 0 Å². The lowest BCUT2D eigenvalue weighted by Gasteiger charge is -2.12. The molecule has 0 saturated heterocycles. The van der Waals surface area contributed by atoms with Gasteiger partial charge in [0, 0.05) is 27.8 Å². The second-order valence-electron chi connectivity index (χ2n) is 4.19. The minimum absolute atomic E-state index is 0.661. The van der Waals surface area contributed by atoms with Gasteiger partial charge in [0.2, 0.25) is 0 Å². The second-order valence-corrected chi connectivity index (χ2v) is 6.10. The van der Waals surface area contributed by atoms with E-state index in [9.17, 15) is 0 Å². The molecule has 0 radical (unpaired) electrons. The molecule has 1 nitrogen and oxygen atoms in total. The average Bonchev–Trinajstić information content (AvgIpc) is 2.84. The van der Waals surface area contributed by atoms with Crippen molar-refractivity contribution in [2.45, 2.75) is 32.7 Å². The maximum absolute atomic E-state index is 3.56. The van der Waals surface area contributed by atoms with E-state index in [4.69, 9.17) is 0 Å². The van der Waals surface area contributed by atoms with Crippen molar-refractivity contribution in [2.75, 3.05) is 6.54 Å². The van der Waals surface area contributed by atoms with Crippen molar-refractivity contribution in [3.05, 3.63) is 20.8 Å². The molecule has 78 valence electrons. The molecule has 2 rings (SSSR count). The Morgan fingerprint density at radius 1 is 1.57 bits per heavy atom. The van der Waals surface area contributed by atoms with E-state index < -0.39 is 0 Å². The molecule has 0 spiro atoms. The standard InChI is InChI=1S/C11H16BrNS/c1-2-11(3-4-11)8-13-6-10-5-9(12)7-14-10/h5,7,13H,2-4,6,8H2,1H3. The molecular weight excluding hydrogens is 258 g/mol. The number of halogens is 1. The van der Waals surface area contributed by atoms with Crippen LogP contribution in [0.4, 0.5) is 0 Å². The van der Waals surface area contributed by atoms with E-state index in [2.05, 4.69) is 39.6 Å². The molecule has 0 amide bonds. The van der Waals surface area contributed by atoms with Crippen LogP contribution in [0.15, 0.2) is 15.9 Å². The molecule has 0 atom stereocenters. The minimum atomic E-state index is 0.661. The van der Waals surface area contributed by atoms with Gasteiger partial charge in [-0.2, -0.15) is 0 Å². The first-order valence-corrected chi connectivity index (χ1v) is 6.85. The molecule has 1 aromatic heterocycles. The molecule has 1 fully saturated rings. The van der Waals surface area contributed by atoms with Gasteiger partial charge in [-0.15, -0.1) is 11.3 Å². The van der Waals surface area contributed by atoms with E-state index in [1.54, 1.807) is 0 Å². The molecule has 14 heavy (non-hydrogen) atoms. The Bertz CT molecular complexity index is 304. The zero-order valence-corrected chi connectivity index (χ0v) is 10.9. The highest BCUT2D eigenvalue weighted by Crippen LogP contribution is 2.47. The van der Waals surface area contributed by atoms with Gasteiger partial charge >= 0.3 is 0 Å². The topological polar surface area (TPSA) is 12.0 Å². The highest BCUT2D eigenvalue weighted by molar-refractivity contribution is 9.10. The summed E-state index contributed by atoms with van der Waals surface area (Å²) in [5, 5.41) is 5.70. The molecule has 1 N–H and O–H groups in total. The van der Waals surface area contributed by atoms with Gasteiger partial charge in [-0.05, 0) is 46.7 Å². The monoisotopic (exact) mass is 273 g/mol. The molecule has 1 aliphatic carbocycles. The molecule has 1 aliphatic rings. The first kappa shape index (κ1) is 10.7. The molecule has 1 saturated carbocycles. The van der Waals surface area contributed by atoms with Crippen LogP contribution in [0.5, 0.6) is 0 Å². The molecule has 3 heteroatoms. The van der Waals surface area contributed by atoms with Gasteiger partial charge in [-0.1, -0.05) is 6.92 Å². The van der Waals surface area contributed by atoms with Gasteiger partial charge in [-0.25, -0.2) is 0 Å². The third-order valence-corrected chi connectivity index (χ3v) is 4.83.